The molecule has 1 aliphatic rings. The quantitative estimate of drug-likeness (QED) is 0.815. The minimum absolute atomic E-state index is 0.0274. The van der Waals surface area contributed by atoms with E-state index < -0.39 is 0 Å². The maximum atomic E-state index is 11.7. The summed E-state index contributed by atoms with van der Waals surface area (Å²) in [6, 6.07) is 8.01. The molecular formula is C15H18ClNO. The van der Waals surface area contributed by atoms with Crippen molar-refractivity contribution in [2.24, 2.45) is 5.92 Å². The Balaban J connectivity index is 1.98. The van der Waals surface area contributed by atoms with Crippen LogP contribution in [-0.2, 0) is 4.79 Å². The van der Waals surface area contributed by atoms with Gasteiger partial charge in [0.1, 0.15) is 0 Å². The summed E-state index contributed by atoms with van der Waals surface area (Å²) in [5.41, 5.74) is 1.47. The topological polar surface area (TPSA) is 40.9 Å². The Kier molecular flexibility index (Phi) is 4.18. The molecule has 0 atom stereocenters. The highest BCUT2D eigenvalue weighted by Gasteiger charge is 2.27. The van der Waals surface area contributed by atoms with Gasteiger partial charge in [-0.15, -0.1) is 0 Å². The van der Waals surface area contributed by atoms with Gasteiger partial charge in [-0.3, -0.25) is 4.79 Å². The number of benzene rings is 1. The van der Waals surface area contributed by atoms with Gasteiger partial charge in [0.05, 0.1) is 5.71 Å². The van der Waals surface area contributed by atoms with Crippen LogP contribution in [0.4, 0.5) is 0 Å². The third-order valence-corrected chi connectivity index (χ3v) is 4.02. The molecule has 2 nitrogen and oxygen atoms in total. The predicted octanol–water partition coefficient (Wildman–Crippen LogP) is 4.22. The van der Waals surface area contributed by atoms with Crippen LogP contribution >= 0.6 is 11.6 Å². The molecule has 0 aliphatic heterocycles. The molecule has 1 aromatic carbocycles. The van der Waals surface area contributed by atoms with Crippen LogP contribution in [0.2, 0.25) is 5.02 Å². The number of hydrogen-bond acceptors (Lipinski definition) is 2. The molecule has 0 radical (unpaired) electrons. The second-order valence-electron chi connectivity index (χ2n) is 5.09. The van der Waals surface area contributed by atoms with Gasteiger partial charge in [-0.05, 0) is 56.2 Å². The first kappa shape index (κ1) is 13.3. The highest BCUT2D eigenvalue weighted by atomic mass is 35.5. The van der Waals surface area contributed by atoms with Gasteiger partial charge in [-0.1, -0.05) is 23.7 Å². The number of hydrogen-bond donors (Lipinski definition) is 1. The summed E-state index contributed by atoms with van der Waals surface area (Å²) in [6.45, 7) is 1.59. The number of ketones is 1. The fourth-order valence-corrected chi connectivity index (χ4v) is 2.95. The Morgan fingerprint density at radius 2 is 1.94 bits per heavy atom. The summed E-state index contributed by atoms with van der Waals surface area (Å²) >= 11 is 6.00. The molecule has 0 aromatic heterocycles. The average Bonchev–Trinajstić information content (AvgIpc) is 2.38. The SMILES string of the molecule is CC(=N)C(=O)C1CCC(c2cccc(Cl)c2)CC1. The Morgan fingerprint density at radius 3 is 2.50 bits per heavy atom. The van der Waals surface area contributed by atoms with E-state index in [0.29, 0.717) is 5.92 Å². The molecule has 1 fully saturated rings. The van der Waals surface area contributed by atoms with E-state index in [4.69, 9.17) is 17.0 Å². The molecule has 1 saturated carbocycles. The lowest BCUT2D eigenvalue weighted by Crippen LogP contribution is -2.25. The summed E-state index contributed by atoms with van der Waals surface area (Å²) in [5.74, 6) is 0.608. The van der Waals surface area contributed by atoms with E-state index in [2.05, 4.69) is 6.07 Å². The van der Waals surface area contributed by atoms with Crippen LogP contribution in [0.5, 0.6) is 0 Å². The van der Waals surface area contributed by atoms with Crippen LogP contribution in [0.25, 0.3) is 0 Å². The number of carbonyl (C=O) groups is 1. The smallest absolute Gasteiger partial charge is 0.179 e. The van der Waals surface area contributed by atoms with Crippen molar-refractivity contribution in [2.45, 2.75) is 38.5 Å². The second-order valence-corrected chi connectivity index (χ2v) is 5.53. The number of nitrogens with one attached hydrogen (secondary N) is 1. The first-order chi connectivity index (χ1) is 8.58. The normalized spacial score (nSPS) is 23.7. The number of Topliss-reactive ketones (excluding diaryl/α,β-unsaturated/α-hetero) is 1. The molecular weight excluding hydrogens is 246 g/mol. The summed E-state index contributed by atoms with van der Waals surface area (Å²) in [4.78, 5) is 11.7. The molecule has 1 aromatic rings. The van der Waals surface area contributed by atoms with E-state index in [1.54, 1.807) is 6.92 Å². The van der Waals surface area contributed by atoms with Crippen LogP contribution < -0.4 is 0 Å². The van der Waals surface area contributed by atoms with Crippen molar-refractivity contribution in [1.82, 2.24) is 0 Å². The van der Waals surface area contributed by atoms with Crippen molar-refractivity contribution in [3.8, 4) is 0 Å². The lowest BCUT2D eigenvalue weighted by atomic mass is 9.76. The first-order valence-electron chi connectivity index (χ1n) is 6.42. The van der Waals surface area contributed by atoms with Gasteiger partial charge >= 0.3 is 0 Å². The third kappa shape index (κ3) is 2.99. The molecule has 0 bridgehead atoms. The number of rotatable bonds is 3. The zero-order valence-corrected chi connectivity index (χ0v) is 11.3. The Bertz CT molecular complexity index is 461. The van der Waals surface area contributed by atoms with E-state index in [0.717, 1.165) is 30.7 Å². The molecule has 0 saturated heterocycles. The van der Waals surface area contributed by atoms with Crippen LogP contribution in [0.3, 0.4) is 0 Å². The number of halogens is 1. The van der Waals surface area contributed by atoms with Crippen molar-refractivity contribution in [1.29, 1.82) is 5.41 Å². The molecule has 3 heteroatoms. The highest BCUT2D eigenvalue weighted by molar-refractivity contribution is 6.38. The third-order valence-electron chi connectivity index (χ3n) is 3.79. The van der Waals surface area contributed by atoms with E-state index in [9.17, 15) is 4.79 Å². The highest BCUT2D eigenvalue weighted by Crippen LogP contribution is 2.36. The zero-order chi connectivity index (χ0) is 13.1. The summed E-state index contributed by atoms with van der Waals surface area (Å²) in [5, 5.41) is 8.19. The Morgan fingerprint density at radius 1 is 1.28 bits per heavy atom. The predicted molar refractivity (Wildman–Crippen MR) is 74.6 cm³/mol. The lowest BCUT2D eigenvalue weighted by Gasteiger charge is -2.27. The van der Waals surface area contributed by atoms with Crippen molar-refractivity contribution in [3.05, 3.63) is 34.9 Å². The second kappa shape index (κ2) is 5.66. The number of carbonyl (C=O) groups excluding carboxylic acids is 1. The van der Waals surface area contributed by atoms with E-state index in [-0.39, 0.29) is 17.4 Å². The van der Waals surface area contributed by atoms with E-state index in [1.165, 1.54) is 5.56 Å². The minimum Gasteiger partial charge on any atom is -0.302 e. The van der Waals surface area contributed by atoms with Gasteiger partial charge < -0.3 is 5.41 Å². The van der Waals surface area contributed by atoms with Crippen molar-refractivity contribution < 1.29 is 4.79 Å². The first-order valence-corrected chi connectivity index (χ1v) is 6.80. The average molecular weight is 264 g/mol. The molecule has 0 amide bonds. The fraction of sp³-hybridized carbons (Fsp3) is 0.467. The fourth-order valence-electron chi connectivity index (χ4n) is 2.76. The molecule has 96 valence electrons. The summed E-state index contributed by atoms with van der Waals surface area (Å²) < 4.78 is 0. The largest absolute Gasteiger partial charge is 0.302 e. The minimum atomic E-state index is 0.0274. The zero-order valence-electron chi connectivity index (χ0n) is 10.6. The van der Waals surface area contributed by atoms with Crippen molar-refractivity contribution >= 4 is 23.1 Å². The van der Waals surface area contributed by atoms with Crippen LogP contribution in [0.1, 0.15) is 44.1 Å². The monoisotopic (exact) mass is 263 g/mol. The molecule has 1 N–H and O–H groups in total. The molecule has 1 aliphatic carbocycles. The standard InChI is InChI=1S/C15H18ClNO/c1-10(17)15(18)12-7-5-11(6-8-12)13-3-2-4-14(16)9-13/h2-4,9,11-12,17H,5-8H2,1H3. The van der Waals surface area contributed by atoms with Crippen LogP contribution in [0.15, 0.2) is 24.3 Å². The van der Waals surface area contributed by atoms with Gasteiger partial charge in [-0.2, -0.15) is 0 Å². The lowest BCUT2D eigenvalue weighted by molar-refractivity contribution is -0.117. The van der Waals surface area contributed by atoms with Crippen molar-refractivity contribution in [3.63, 3.8) is 0 Å². The molecule has 0 spiro atoms. The molecule has 2 rings (SSSR count). The Hall–Kier alpha value is -1.15. The van der Waals surface area contributed by atoms with Gasteiger partial charge in [0.15, 0.2) is 5.78 Å². The van der Waals surface area contributed by atoms with Gasteiger partial charge in [0.2, 0.25) is 0 Å². The maximum absolute atomic E-state index is 11.7. The summed E-state index contributed by atoms with van der Waals surface area (Å²) in [6.07, 6.45) is 3.83. The summed E-state index contributed by atoms with van der Waals surface area (Å²) in [7, 11) is 0. The van der Waals surface area contributed by atoms with Crippen molar-refractivity contribution in [2.75, 3.05) is 0 Å². The van der Waals surface area contributed by atoms with Gasteiger partial charge in [-0.25, -0.2) is 0 Å². The van der Waals surface area contributed by atoms with E-state index in [1.807, 2.05) is 18.2 Å². The van der Waals surface area contributed by atoms with Crippen LogP contribution in [-0.4, -0.2) is 11.5 Å². The van der Waals surface area contributed by atoms with Gasteiger partial charge in [0, 0.05) is 10.9 Å². The molecule has 0 heterocycles. The molecule has 18 heavy (non-hydrogen) atoms. The van der Waals surface area contributed by atoms with E-state index >= 15 is 0 Å². The maximum Gasteiger partial charge on any atom is 0.179 e. The van der Waals surface area contributed by atoms with Gasteiger partial charge in [0.25, 0.3) is 0 Å². The van der Waals surface area contributed by atoms with Crippen LogP contribution in [0, 0.1) is 11.3 Å². The molecule has 0 unspecified atom stereocenters. The Labute approximate surface area is 113 Å².